The number of nitrogens with one attached hydrogen (secondary N) is 1. The number of H-pyrrole nitrogens is 1. The normalized spacial score (nSPS) is 14.5. The number of fused-ring (bicyclic) bond motifs is 1. The molecule has 2 N–H and O–H groups in total. The van der Waals surface area contributed by atoms with Crippen molar-refractivity contribution in [2.75, 3.05) is 39.5 Å². The quantitative estimate of drug-likeness (QED) is 0.386. The Bertz CT molecular complexity index is 1350. The molecule has 5 rings (SSSR count). The van der Waals surface area contributed by atoms with Crippen LogP contribution in [-0.2, 0) is 11.3 Å². The predicted octanol–water partition coefficient (Wildman–Crippen LogP) is 0.763. The molecule has 1 fully saturated rings. The second kappa shape index (κ2) is 9.45. The molecule has 4 aromatic rings. The van der Waals surface area contributed by atoms with Crippen LogP contribution in [0.15, 0.2) is 47.8 Å². The predicted molar refractivity (Wildman–Crippen MR) is 121 cm³/mol. The number of morpholine rings is 1. The highest BCUT2D eigenvalue weighted by molar-refractivity contribution is 5.86. The van der Waals surface area contributed by atoms with Crippen LogP contribution in [0.2, 0.25) is 0 Å². The first-order chi connectivity index (χ1) is 16.6. The minimum atomic E-state index is -1.12. The summed E-state index contributed by atoms with van der Waals surface area (Å²) in [6.07, 6.45) is 4.00. The van der Waals surface area contributed by atoms with E-state index in [0.717, 1.165) is 44.2 Å². The third-order valence-electron chi connectivity index (χ3n) is 5.57. The Hall–Kier alpha value is -4.03. The molecule has 0 spiro atoms. The van der Waals surface area contributed by atoms with Crippen molar-refractivity contribution in [2.24, 2.45) is 0 Å². The number of aromatic carboxylic acids is 1. The lowest BCUT2D eigenvalue weighted by molar-refractivity contribution is 0.0322. The molecule has 0 radical (unpaired) electrons. The highest BCUT2D eigenvalue weighted by Crippen LogP contribution is 2.15. The molecule has 1 aromatic carbocycles. The van der Waals surface area contributed by atoms with Gasteiger partial charge < -0.3 is 19.1 Å². The molecule has 4 heterocycles. The van der Waals surface area contributed by atoms with Gasteiger partial charge in [0.05, 0.1) is 31.3 Å². The number of ether oxygens (including phenoxy) is 2. The van der Waals surface area contributed by atoms with Gasteiger partial charge in [0, 0.05) is 32.4 Å². The van der Waals surface area contributed by atoms with Crippen LogP contribution >= 0.6 is 0 Å². The number of aromatic amines is 1. The number of carboxylic acids is 1. The molecular weight excluding hydrogens is 442 g/mol. The largest absolute Gasteiger partial charge is 0.492 e. The van der Waals surface area contributed by atoms with Gasteiger partial charge in [-0.3, -0.25) is 14.7 Å². The summed E-state index contributed by atoms with van der Waals surface area (Å²) in [5.74, 6) is -0.238. The zero-order valence-corrected chi connectivity index (χ0v) is 18.3. The Balaban J connectivity index is 1.26. The fourth-order valence-corrected chi connectivity index (χ4v) is 3.76. The molecule has 0 amide bonds. The number of hydrogen-bond acceptors (Lipinski definition) is 8. The number of rotatable bonds is 8. The Labute approximate surface area is 193 Å². The van der Waals surface area contributed by atoms with Gasteiger partial charge in [0.15, 0.2) is 11.2 Å². The lowest BCUT2D eigenvalue weighted by atomic mass is 10.2. The molecule has 0 bridgehead atoms. The Morgan fingerprint density at radius 3 is 2.74 bits per heavy atom. The Morgan fingerprint density at radius 2 is 2.00 bits per heavy atom. The maximum atomic E-state index is 12.7. The number of aromatic nitrogens is 6. The van der Waals surface area contributed by atoms with Crippen LogP contribution in [-0.4, -0.2) is 84.7 Å². The summed E-state index contributed by atoms with van der Waals surface area (Å²) in [5.41, 5.74) is 1.13. The molecule has 0 unspecified atom stereocenters. The van der Waals surface area contributed by atoms with E-state index in [1.54, 1.807) is 10.9 Å². The van der Waals surface area contributed by atoms with Crippen molar-refractivity contribution in [2.45, 2.75) is 6.54 Å². The van der Waals surface area contributed by atoms with Crippen molar-refractivity contribution < 1.29 is 19.4 Å². The second-order valence-electron chi connectivity index (χ2n) is 7.86. The van der Waals surface area contributed by atoms with Crippen LogP contribution in [0.1, 0.15) is 15.9 Å². The first-order valence-corrected chi connectivity index (χ1v) is 10.8. The first kappa shape index (κ1) is 21.8. The molecule has 1 aliphatic rings. The van der Waals surface area contributed by atoms with E-state index in [1.165, 1.54) is 17.1 Å². The summed E-state index contributed by atoms with van der Waals surface area (Å²) in [5, 5.41) is 13.0. The van der Waals surface area contributed by atoms with Crippen molar-refractivity contribution in [1.82, 2.24) is 34.2 Å². The summed E-state index contributed by atoms with van der Waals surface area (Å²) in [6.45, 7) is 5.31. The van der Waals surface area contributed by atoms with Gasteiger partial charge in [0.25, 0.3) is 5.56 Å². The molecule has 34 heavy (non-hydrogen) atoms. The molecule has 0 aliphatic carbocycles. The molecule has 12 nitrogen and oxygen atoms in total. The number of carbonyl (C=O) groups is 1. The van der Waals surface area contributed by atoms with Gasteiger partial charge in [-0.25, -0.2) is 14.5 Å². The highest BCUT2D eigenvalue weighted by atomic mass is 16.5. The number of imidazole rings is 1. The molecule has 1 aliphatic heterocycles. The van der Waals surface area contributed by atoms with Crippen LogP contribution in [0.5, 0.6) is 5.75 Å². The third-order valence-corrected chi connectivity index (χ3v) is 5.57. The topological polar surface area (TPSA) is 140 Å². The lowest BCUT2D eigenvalue weighted by Gasteiger charge is -2.26. The number of nitrogens with zero attached hydrogens (tertiary/aromatic N) is 6. The summed E-state index contributed by atoms with van der Waals surface area (Å²) in [4.78, 5) is 37.3. The molecule has 0 atom stereocenters. The average Bonchev–Trinajstić information content (AvgIpc) is 3.49. The van der Waals surface area contributed by atoms with Crippen molar-refractivity contribution in [3.8, 4) is 11.7 Å². The highest BCUT2D eigenvalue weighted by Gasteiger charge is 2.14. The van der Waals surface area contributed by atoms with Gasteiger partial charge >= 0.3 is 5.97 Å². The van der Waals surface area contributed by atoms with Crippen LogP contribution < -0.4 is 10.3 Å². The Morgan fingerprint density at radius 1 is 1.21 bits per heavy atom. The second-order valence-corrected chi connectivity index (χ2v) is 7.86. The minimum Gasteiger partial charge on any atom is -0.492 e. The summed E-state index contributed by atoms with van der Waals surface area (Å²) < 4.78 is 14.1. The van der Waals surface area contributed by atoms with Gasteiger partial charge in [-0.05, 0) is 17.7 Å². The number of benzene rings is 1. The van der Waals surface area contributed by atoms with Gasteiger partial charge in [0.1, 0.15) is 12.4 Å². The number of carboxylic acid groups (broad SMARTS) is 1. The van der Waals surface area contributed by atoms with Crippen molar-refractivity contribution in [1.29, 1.82) is 0 Å². The molecular formula is C22H23N7O5. The first-order valence-electron chi connectivity index (χ1n) is 10.8. The van der Waals surface area contributed by atoms with Gasteiger partial charge in [-0.15, -0.1) is 0 Å². The van der Waals surface area contributed by atoms with Crippen molar-refractivity contribution >= 4 is 17.1 Å². The van der Waals surface area contributed by atoms with E-state index in [1.807, 2.05) is 24.3 Å². The Kier molecular flexibility index (Phi) is 6.06. The smallest absolute Gasteiger partial charge is 0.338 e. The van der Waals surface area contributed by atoms with E-state index >= 15 is 0 Å². The van der Waals surface area contributed by atoms with Crippen LogP contribution in [0.4, 0.5) is 0 Å². The third kappa shape index (κ3) is 4.67. The summed E-state index contributed by atoms with van der Waals surface area (Å²) in [6, 6.07) is 7.71. The zero-order valence-electron chi connectivity index (χ0n) is 18.3. The van der Waals surface area contributed by atoms with Gasteiger partial charge in [-0.2, -0.15) is 10.1 Å². The van der Waals surface area contributed by atoms with Gasteiger partial charge in [0.2, 0.25) is 5.95 Å². The molecule has 176 valence electrons. The standard InChI is InChI=1S/C22H23N7O5/c30-20-18-19(25-22(26-20)29-13-16(11-24-29)21(31)32)23-14-28(18)12-15-1-3-17(4-2-15)34-10-7-27-5-8-33-9-6-27/h1-4,11,13-14H,5-10,12H2,(H,31,32)(H,25,26,30). The van der Waals surface area contributed by atoms with Crippen molar-refractivity contribution in [3.05, 3.63) is 64.5 Å². The van der Waals surface area contributed by atoms with E-state index in [9.17, 15) is 9.59 Å². The number of hydrogen-bond donors (Lipinski definition) is 2. The van der Waals surface area contributed by atoms with Crippen LogP contribution in [0.3, 0.4) is 0 Å². The van der Waals surface area contributed by atoms with E-state index < -0.39 is 11.5 Å². The fourth-order valence-electron chi connectivity index (χ4n) is 3.76. The molecule has 3 aromatic heterocycles. The SMILES string of the molecule is O=C(O)c1cnn(-c2nc3ncn(Cc4ccc(OCCN5CCOCC5)cc4)c3c(=O)[nH]2)c1. The van der Waals surface area contributed by atoms with E-state index in [-0.39, 0.29) is 17.2 Å². The zero-order chi connectivity index (χ0) is 23.5. The minimum absolute atomic E-state index is 0.0122. The fraction of sp³-hybridized carbons (Fsp3) is 0.318. The van der Waals surface area contributed by atoms with E-state index in [2.05, 4.69) is 25.0 Å². The summed E-state index contributed by atoms with van der Waals surface area (Å²) >= 11 is 0. The maximum Gasteiger partial charge on any atom is 0.338 e. The monoisotopic (exact) mass is 465 g/mol. The van der Waals surface area contributed by atoms with Crippen LogP contribution in [0.25, 0.3) is 17.1 Å². The molecule has 12 heteroatoms. The lowest BCUT2D eigenvalue weighted by Crippen LogP contribution is -2.38. The molecule has 0 saturated carbocycles. The summed E-state index contributed by atoms with van der Waals surface area (Å²) in [7, 11) is 0. The van der Waals surface area contributed by atoms with Crippen LogP contribution in [0, 0.1) is 0 Å². The van der Waals surface area contributed by atoms with E-state index in [4.69, 9.17) is 14.6 Å². The maximum absolute atomic E-state index is 12.7. The van der Waals surface area contributed by atoms with Crippen molar-refractivity contribution in [3.63, 3.8) is 0 Å². The van der Waals surface area contributed by atoms with E-state index in [0.29, 0.717) is 18.7 Å². The molecule has 1 saturated heterocycles. The average molecular weight is 465 g/mol. The van der Waals surface area contributed by atoms with Gasteiger partial charge in [-0.1, -0.05) is 12.1 Å².